The van der Waals surface area contributed by atoms with Gasteiger partial charge in [0, 0.05) is 11.2 Å². The number of anilines is 1. The number of benzene rings is 1. The zero-order chi connectivity index (χ0) is 23.3. The highest BCUT2D eigenvalue weighted by Gasteiger charge is 2.24. The molecule has 0 aliphatic carbocycles. The van der Waals surface area contributed by atoms with E-state index >= 15 is 0 Å². The monoisotopic (exact) mass is 492 g/mol. The summed E-state index contributed by atoms with van der Waals surface area (Å²) >= 11 is 13.2. The van der Waals surface area contributed by atoms with Crippen LogP contribution in [0.4, 0.5) is 5.82 Å². The second-order valence-corrected chi connectivity index (χ2v) is 9.11. The predicted molar refractivity (Wildman–Crippen MR) is 126 cm³/mol. The summed E-state index contributed by atoms with van der Waals surface area (Å²) in [5.41, 5.74) is 1.19. The number of pyridine rings is 1. The Morgan fingerprint density at radius 2 is 2.00 bits per heavy atom. The molecule has 0 fully saturated rings. The molecule has 0 unspecified atom stereocenters. The number of carbonyl (C=O) groups is 2. The standard InChI is InChI=1S/C21H22Cl2N6O2S/c1-11(2)17(26-20(31)14-7-6-13(22)9-15(14)23)19-27-21(29-28-19)32-10-16(30)25-18-12(3)5-4-8-24-18/h4-9,11,17H,10H2,1-3H3,(H,26,31)(H,24,25,30)(H,27,28,29)/t17-/m0/s1. The number of amides is 2. The second-order valence-electron chi connectivity index (χ2n) is 7.33. The first-order chi connectivity index (χ1) is 15.2. The predicted octanol–water partition coefficient (Wildman–Crippen LogP) is 4.67. The summed E-state index contributed by atoms with van der Waals surface area (Å²) in [6.07, 6.45) is 1.62. The van der Waals surface area contributed by atoms with Crippen molar-refractivity contribution in [3.8, 4) is 0 Å². The molecule has 0 spiro atoms. The molecule has 2 amide bonds. The summed E-state index contributed by atoms with van der Waals surface area (Å²) in [5, 5.41) is 13.8. The maximum Gasteiger partial charge on any atom is 0.253 e. The van der Waals surface area contributed by atoms with Gasteiger partial charge in [0.15, 0.2) is 0 Å². The number of aromatic nitrogens is 4. The van der Waals surface area contributed by atoms with E-state index in [1.54, 1.807) is 24.4 Å². The summed E-state index contributed by atoms with van der Waals surface area (Å²) < 4.78 is 0. The fourth-order valence-electron chi connectivity index (χ4n) is 2.82. The number of nitrogens with one attached hydrogen (secondary N) is 3. The van der Waals surface area contributed by atoms with E-state index in [0.29, 0.717) is 27.4 Å². The summed E-state index contributed by atoms with van der Waals surface area (Å²) in [6, 6.07) is 7.94. The smallest absolute Gasteiger partial charge is 0.253 e. The van der Waals surface area contributed by atoms with Crippen molar-refractivity contribution in [3.63, 3.8) is 0 Å². The van der Waals surface area contributed by atoms with E-state index in [-0.39, 0.29) is 28.5 Å². The molecule has 3 aromatic rings. The number of aromatic amines is 1. The van der Waals surface area contributed by atoms with E-state index in [1.807, 2.05) is 26.8 Å². The SMILES string of the molecule is Cc1cccnc1NC(=O)CSc1n[nH]c([C@@H](NC(=O)c2ccc(Cl)cc2Cl)C(C)C)n1. The largest absolute Gasteiger partial charge is 0.342 e. The lowest BCUT2D eigenvalue weighted by Crippen LogP contribution is -2.32. The minimum Gasteiger partial charge on any atom is -0.342 e. The summed E-state index contributed by atoms with van der Waals surface area (Å²) in [4.78, 5) is 33.5. The Bertz CT molecular complexity index is 1120. The molecule has 2 aromatic heterocycles. The fourth-order valence-corrected chi connectivity index (χ4v) is 3.92. The number of carbonyl (C=O) groups excluding carboxylic acids is 2. The number of hydrogen-bond donors (Lipinski definition) is 3. The molecule has 32 heavy (non-hydrogen) atoms. The Hall–Kier alpha value is -2.62. The fraction of sp³-hybridized carbons (Fsp3) is 0.286. The molecule has 3 N–H and O–H groups in total. The summed E-state index contributed by atoms with van der Waals surface area (Å²) in [7, 11) is 0. The quantitative estimate of drug-likeness (QED) is 0.393. The van der Waals surface area contributed by atoms with Crippen LogP contribution in [-0.4, -0.2) is 37.7 Å². The van der Waals surface area contributed by atoms with Crippen molar-refractivity contribution in [3.05, 3.63) is 63.5 Å². The highest BCUT2D eigenvalue weighted by Crippen LogP contribution is 2.25. The summed E-state index contributed by atoms with van der Waals surface area (Å²) in [6.45, 7) is 5.77. The molecule has 3 rings (SSSR count). The van der Waals surface area contributed by atoms with Gasteiger partial charge in [-0.1, -0.05) is 54.9 Å². The van der Waals surface area contributed by atoms with E-state index in [9.17, 15) is 9.59 Å². The minimum absolute atomic E-state index is 0.0197. The van der Waals surface area contributed by atoms with Gasteiger partial charge in [-0.2, -0.15) is 0 Å². The first-order valence-corrected chi connectivity index (χ1v) is 11.5. The minimum atomic E-state index is -0.430. The normalized spacial score (nSPS) is 11.9. The first-order valence-electron chi connectivity index (χ1n) is 9.77. The number of thioether (sulfide) groups is 1. The molecular formula is C21H22Cl2N6O2S. The third kappa shape index (κ3) is 6.21. The molecule has 168 valence electrons. The van der Waals surface area contributed by atoms with E-state index in [0.717, 1.165) is 5.56 Å². The van der Waals surface area contributed by atoms with Gasteiger partial charge in [0.25, 0.3) is 5.91 Å². The number of rotatable bonds is 8. The van der Waals surface area contributed by atoms with Crippen LogP contribution in [0.1, 0.15) is 41.6 Å². The zero-order valence-electron chi connectivity index (χ0n) is 17.6. The molecule has 0 saturated heterocycles. The van der Waals surface area contributed by atoms with E-state index in [2.05, 4.69) is 30.8 Å². The van der Waals surface area contributed by atoms with E-state index in [4.69, 9.17) is 23.2 Å². The molecule has 2 heterocycles. The second kappa shape index (κ2) is 10.8. The van der Waals surface area contributed by atoms with Gasteiger partial charge < -0.3 is 10.6 Å². The van der Waals surface area contributed by atoms with Crippen molar-refractivity contribution >= 4 is 52.6 Å². The van der Waals surface area contributed by atoms with Crippen molar-refractivity contribution in [2.45, 2.75) is 32.0 Å². The Morgan fingerprint density at radius 3 is 2.69 bits per heavy atom. The Labute approximate surface area is 199 Å². The number of hydrogen-bond acceptors (Lipinski definition) is 6. The van der Waals surface area contributed by atoms with Gasteiger partial charge >= 0.3 is 0 Å². The average Bonchev–Trinajstić information content (AvgIpc) is 3.20. The van der Waals surface area contributed by atoms with Crippen molar-refractivity contribution < 1.29 is 9.59 Å². The molecule has 0 bridgehead atoms. The van der Waals surface area contributed by atoms with Crippen LogP contribution in [0, 0.1) is 12.8 Å². The van der Waals surface area contributed by atoms with Gasteiger partial charge in [0.2, 0.25) is 11.1 Å². The van der Waals surface area contributed by atoms with Crippen LogP contribution < -0.4 is 10.6 Å². The van der Waals surface area contributed by atoms with Crippen molar-refractivity contribution in [1.82, 2.24) is 25.5 Å². The van der Waals surface area contributed by atoms with Gasteiger partial charge in [-0.25, -0.2) is 9.97 Å². The molecular weight excluding hydrogens is 471 g/mol. The molecule has 0 radical (unpaired) electrons. The molecule has 11 heteroatoms. The Morgan fingerprint density at radius 1 is 1.22 bits per heavy atom. The lowest BCUT2D eigenvalue weighted by molar-refractivity contribution is -0.113. The van der Waals surface area contributed by atoms with Crippen molar-refractivity contribution in [2.75, 3.05) is 11.1 Å². The highest BCUT2D eigenvalue weighted by molar-refractivity contribution is 7.99. The third-order valence-corrected chi connectivity index (χ3v) is 5.90. The Balaban J connectivity index is 1.63. The average molecular weight is 493 g/mol. The number of nitrogens with zero attached hydrogens (tertiary/aromatic N) is 3. The molecule has 0 saturated carbocycles. The third-order valence-electron chi connectivity index (χ3n) is 4.51. The van der Waals surface area contributed by atoms with Gasteiger partial charge in [-0.15, -0.1) is 5.10 Å². The Kier molecular flexibility index (Phi) is 8.11. The maximum absolute atomic E-state index is 12.7. The molecule has 1 aromatic carbocycles. The van der Waals surface area contributed by atoms with Crippen LogP contribution in [0.2, 0.25) is 10.0 Å². The maximum atomic E-state index is 12.7. The lowest BCUT2D eigenvalue weighted by Gasteiger charge is -2.20. The van der Waals surface area contributed by atoms with Crippen molar-refractivity contribution in [1.29, 1.82) is 0 Å². The molecule has 1 atom stereocenters. The van der Waals surface area contributed by atoms with Gasteiger partial charge in [-0.3, -0.25) is 14.7 Å². The zero-order valence-corrected chi connectivity index (χ0v) is 20.0. The lowest BCUT2D eigenvalue weighted by atomic mass is 10.0. The van der Waals surface area contributed by atoms with Crippen LogP contribution in [0.25, 0.3) is 0 Å². The number of H-pyrrole nitrogens is 1. The van der Waals surface area contributed by atoms with Gasteiger partial charge in [0.05, 0.1) is 22.4 Å². The highest BCUT2D eigenvalue weighted by atomic mass is 35.5. The number of halogens is 2. The van der Waals surface area contributed by atoms with Crippen LogP contribution in [0.3, 0.4) is 0 Å². The molecule has 8 nitrogen and oxygen atoms in total. The van der Waals surface area contributed by atoms with Gasteiger partial charge in [0.1, 0.15) is 11.6 Å². The van der Waals surface area contributed by atoms with E-state index < -0.39 is 6.04 Å². The van der Waals surface area contributed by atoms with Crippen LogP contribution >= 0.6 is 35.0 Å². The van der Waals surface area contributed by atoms with E-state index in [1.165, 1.54) is 17.8 Å². The molecule has 0 aliphatic rings. The van der Waals surface area contributed by atoms with Crippen LogP contribution in [-0.2, 0) is 4.79 Å². The first kappa shape index (κ1) is 24.0. The van der Waals surface area contributed by atoms with Crippen molar-refractivity contribution in [2.24, 2.45) is 5.92 Å². The van der Waals surface area contributed by atoms with Crippen LogP contribution in [0.15, 0.2) is 41.7 Å². The number of aryl methyl sites for hydroxylation is 1. The summed E-state index contributed by atoms with van der Waals surface area (Å²) in [5.74, 6) is 0.590. The van der Waals surface area contributed by atoms with Gasteiger partial charge in [-0.05, 0) is 42.7 Å². The molecule has 0 aliphatic heterocycles. The topological polar surface area (TPSA) is 113 Å². The van der Waals surface area contributed by atoms with Crippen LogP contribution in [0.5, 0.6) is 0 Å².